The minimum atomic E-state index is -0.671. The van der Waals surface area contributed by atoms with Crippen molar-refractivity contribution in [1.29, 1.82) is 0 Å². The van der Waals surface area contributed by atoms with Crippen molar-refractivity contribution < 1.29 is 19.3 Å². The molecule has 1 aromatic carbocycles. The maximum absolute atomic E-state index is 12.8. The van der Waals surface area contributed by atoms with Gasteiger partial charge >= 0.3 is 0 Å². The number of amides is 3. The fourth-order valence-electron chi connectivity index (χ4n) is 3.07. The average Bonchev–Trinajstić information content (AvgIpc) is 2.85. The van der Waals surface area contributed by atoms with E-state index in [0.717, 1.165) is 23.8 Å². The molecule has 8 heteroatoms. The van der Waals surface area contributed by atoms with E-state index in [1.165, 1.54) is 12.1 Å². The summed E-state index contributed by atoms with van der Waals surface area (Å²) < 4.78 is 0. The zero-order valence-corrected chi connectivity index (χ0v) is 15.4. The number of imide groups is 1. The molecule has 3 amide bonds. The predicted octanol–water partition coefficient (Wildman–Crippen LogP) is 2.62. The van der Waals surface area contributed by atoms with E-state index in [9.17, 15) is 24.5 Å². The van der Waals surface area contributed by atoms with Crippen molar-refractivity contribution in [3.63, 3.8) is 0 Å². The van der Waals surface area contributed by atoms with Crippen LogP contribution in [0.25, 0.3) is 0 Å². The number of nitro benzene ring substituents is 1. The lowest BCUT2D eigenvalue weighted by Crippen LogP contribution is -2.49. The molecule has 8 nitrogen and oxygen atoms in total. The van der Waals surface area contributed by atoms with Crippen LogP contribution >= 0.6 is 0 Å². The van der Waals surface area contributed by atoms with Crippen molar-refractivity contribution in [2.24, 2.45) is 0 Å². The number of hydrogen-bond donors (Lipinski definition) is 0. The SMILES string of the molecule is CC[C@@H](C)N(C(=O)CN1C(=O)c2ccc([N+](=O)[O-])cc2C1=O)[C@H](C)CC. The first kappa shape index (κ1) is 19.6. The maximum atomic E-state index is 12.8. The standard InChI is InChI=1S/C18H23N3O5/c1-5-11(3)20(12(4)6-2)16(22)10-19-17(23)14-8-7-13(21(25)26)9-15(14)18(19)24/h7-9,11-12H,5-6,10H2,1-4H3/t11-,12-/m1/s1. The van der Waals surface area contributed by atoms with Gasteiger partial charge in [0.05, 0.1) is 16.1 Å². The van der Waals surface area contributed by atoms with E-state index in [-0.39, 0.29) is 41.3 Å². The van der Waals surface area contributed by atoms with Gasteiger partial charge in [0.2, 0.25) is 5.91 Å². The zero-order valence-electron chi connectivity index (χ0n) is 15.4. The first-order valence-corrected chi connectivity index (χ1v) is 8.68. The van der Waals surface area contributed by atoms with Gasteiger partial charge in [0.25, 0.3) is 17.5 Å². The van der Waals surface area contributed by atoms with Crippen molar-refractivity contribution in [2.45, 2.75) is 52.6 Å². The number of carbonyl (C=O) groups excluding carboxylic acids is 3. The maximum Gasteiger partial charge on any atom is 0.270 e. The molecule has 0 radical (unpaired) electrons. The Morgan fingerprint density at radius 3 is 2.15 bits per heavy atom. The predicted molar refractivity (Wildman–Crippen MR) is 94.8 cm³/mol. The van der Waals surface area contributed by atoms with E-state index >= 15 is 0 Å². The summed E-state index contributed by atoms with van der Waals surface area (Å²) >= 11 is 0. The summed E-state index contributed by atoms with van der Waals surface area (Å²) in [5.41, 5.74) is -0.207. The number of nitrogens with zero attached hydrogens (tertiary/aromatic N) is 3. The Morgan fingerprint density at radius 2 is 1.65 bits per heavy atom. The van der Waals surface area contributed by atoms with E-state index in [1.807, 2.05) is 27.7 Å². The molecule has 1 aliphatic rings. The molecule has 2 rings (SSSR count). The molecule has 0 saturated carbocycles. The molecule has 1 heterocycles. The minimum absolute atomic E-state index is 0.0197. The molecule has 0 fully saturated rings. The molecule has 2 atom stereocenters. The highest BCUT2D eigenvalue weighted by Crippen LogP contribution is 2.27. The van der Waals surface area contributed by atoms with Gasteiger partial charge in [-0.05, 0) is 32.8 Å². The van der Waals surface area contributed by atoms with Crippen LogP contribution in [0.5, 0.6) is 0 Å². The van der Waals surface area contributed by atoms with Crippen LogP contribution in [0.2, 0.25) is 0 Å². The van der Waals surface area contributed by atoms with Gasteiger partial charge in [-0.1, -0.05) is 13.8 Å². The molecule has 0 aliphatic carbocycles. The molecule has 0 spiro atoms. The molecule has 140 valence electrons. The monoisotopic (exact) mass is 361 g/mol. The van der Waals surface area contributed by atoms with Crippen LogP contribution in [-0.2, 0) is 4.79 Å². The number of non-ortho nitro benzene ring substituents is 1. The van der Waals surface area contributed by atoms with Gasteiger partial charge in [-0.3, -0.25) is 29.4 Å². The van der Waals surface area contributed by atoms with Gasteiger partial charge in [0, 0.05) is 24.2 Å². The molecule has 26 heavy (non-hydrogen) atoms. The summed E-state index contributed by atoms with van der Waals surface area (Å²) in [5.74, 6) is -1.57. The van der Waals surface area contributed by atoms with E-state index in [0.29, 0.717) is 0 Å². The number of nitro groups is 1. The second kappa shape index (κ2) is 7.63. The van der Waals surface area contributed by atoms with Crippen LogP contribution in [0.15, 0.2) is 18.2 Å². The van der Waals surface area contributed by atoms with Crippen LogP contribution in [-0.4, -0.2) is 51.1 Å². The molecule has 0 unspecified atom stereocenters. The van der Waals surface area contributed by atoms with Crippen molar-refractivity contribution in [1.82, 2.24) is 9.80 Å². The van der Waals surface area contributed by atoms with Crippen LogP contribution in [0.4, 0.5) is 5.69 Å². The van der Waals surface area contributed by atoms with Crippen LogP contribution in [0, 0.1) is 10.1 Å². The Balaban J connectivity index is 2.27. The highest BCUT2D eigenvalue weighted by atomic mass is 16.6. The fourth-order valence-corrected chi connectivity index (χ4v) is 3.07. The summed E-state index contributed by atoms with van der Waals surface area (Å²) in [6, 6.07) is 3.49. The Kier molecular flexibility index (Phi) is 5.74. The summed E-state index contributed by atoms with van der Waals surface area (Å²) in [5, 5.41) is 10.9. The summed E-state index contributed by atoms with van der Waals surface area (Å²) in [7, 11) is 0. The Morgan fingerprint density at radius 1 is 1.12 bits per heavy atom. The molecule has 1 aromatic rings. The first-order chi connectivity index (χ1) is 12.2. The highest BCUT2D eigenvalue weighted by Gasteiger charge is 2.39. The number of hydrogen-bond acceptors (Lipinski definition) is 5. The number of fused-ring (bicyclic) bond motifs is 1. The fraction of sp³-hybridized carbons (Fsp3) is 0.500. The Bertz CT molecular complexity index is 751. The van der Waals surface area contributed by atoms with Crippen molar-refractivity contribution in [2.75, 3.05) is 6.54 Å². The van der Waals surface area contributed by atoms with Gasteiger partial charge < -0.3 is 4.90 Å². The molecular formula is C18H23N3O5. The van der Waals surface area contributed by atoms with E-state index < -0.39 is 16.7 Å². The third-order valence-electron chi connectivity index (χ3n) is 4.88. The lowest BCUT2D eigenvalue weighted by atomic mass is 10.1. The number of benzene rings is 1. The van der Waals surface area contributed by atoms with Crippen LogP contribution < -0.4 is 0 Å². The van der Waals surface area contributed by atoms with Gasteiger partial charge in [-0.25, -0.2) is 0 Å². The molecular weight excluding hydrogens is 338 g/mol. The summed E-state index contributed by atoms with van der Waals surface area (Å²) in [4.78, 5) is 50.6. The second-order valence-corrected chi connectivity index (χ2v) is 6.50. The van der Waals surface area contributed by atoms with E-state index in [2.05, 4.69) is 0 Å². The topological polar surface area (TPSA) is 101 Å². The second-order valence-electron chi connectivity index (χ2n) is 6.50. The molecule has 0 saturated heterocycles. The van der Waals surface area contributed by atoms with E-state index in [4.69, 9.17) is 0 Å². The Hall–Kier alpha value is -2.77. The lowest BCUT2D eigenvalue weighted by Gasteiger charge is -2.34. The zero-order chi connectivity index (χ0) is 19.6. The minimum Gasteiger partial charge on any atom is -0.336 e. The number of carbonyl (C=O) groups is 3. The molecule has 0 aromatic heterocycles. The average molecular weight is 361 g/mol. The van der Waals surface area contributed by atoms with Crippen LogP contribution in [0.3, 0.4) is 0 Å². The third kappa shape index (κ3) is 3.44. The van der Waals surface area contributed by atoms with Crippen molar-refractivity contribution in [3.05, 3.63) is 39.4 Å². The van der Waals surface area contributed by atoms with Crippen molar-refractivity contribution >= 4 is 23.4 Å². The first-order valence-electron chi connectivity index (χ1n) is 8.68. The largest absolute Gasteiger partial charge is 0.336 e. The molecule has 0 N–H and O–H groups in total. The molecule has 1 aliphatic heterocycles. The molecule has 0 bridgehead atoms. The van der Waals surface area contributed by atoms with Gasteiger partial charge in [0.15, 0.2) is 0 Å². The number of rotatable bonds is 7. The summed E-state index contributed by atoms with van der Waals surface area (Å²) in [6.07, 6.45) is 1.51. The van der Waals surface area contributed by atoms with Crippen LogP contribution in [0.1, 0.15) is 61.3 Å². The summed E-state index contributed by atoms with van der Waals surface area (Å²) in [6.45, 7) is 7.42. The smallest absolute Gasteiger partial charge is 0.270 e. The highest BCUT2D eigenvalue weighted by molar-refractivity contribution is 6.22. The lowest BCUT2D eigenvalue weighted by molar-refractivity contribution is -0.384. The van der Waals surface area contributed by atoms with Gasteiger partial charge in [0.1, 0.15) is 6.54 Å². The van der Waals surface area contributed by atoms with E-state index in [1.54, 1.807) is 4.90 Å². The van der Waals surface area contributed by atoms with Crippen molar-refractivity contribution in [3.8, 4) is 0 Å². The third-order valence-corrected chi connectivity index (χ3v) is 4.88. The Labute approximate surface area is 151 Å². The van der Waals surface area contributed by atoms with Gasteiger partial charge in [-0.2, -0.15) is 0 Å². The quantitative estimate of drug-likeness (QED) is 0.422. The van der Waals surface area contributed by atoms with Gasteiger partial charge in [-0.15, -0.1) is 0 Å². The normalized spacial score (nSPS) is 15.6.